The van der Waals surface area contributed by atoms with E-state index in [0.29, 0.717) is 22.7 Å². The van der Waals surface area contributed by atoms with Gasteiger partial charge in [-0.3, -0.25) is 14.4 Å². The second kappa shape index (κ2) is 12.1. The van der Waals surface area contributed by atoms with Crippen molar-refractivity contribution >= 4 is 51.2 Å². The van der Waals surface area contributed by atoms with Gasteiger partial charge in [-0.2, -0.15) is 5.10 Å². The Morgan fingerprint density at radius 1 is 0.861 bits per heavy atom. The molecule has 186 valence electrons. The van der Waals surface area contributed by atoms with E-state index < -0.39 is 11.8 Å². The van der Waals surface area contributed by atoms with E-state index in [1.165, 1.54) is 6.21 Å². The Morgan fingerprint density at radius 2 is 1.58 bits per heavy atom. The Labute approximate surface area is 218 Å². The Hall–Kier alpha value is -3.98. The van der Waals surface area contributed by atoms with Crippen LogP contribution in [0.3, 0.4) is 0 Å². The predicted molar refractivity (Wildman–Crippen MR) is 144 cm³/mol. The van der Waals surface area contributed by atoms with Crippen LogP contribution in [0.25, 0.3) is 0 Å². The lowest BCUT2D eigenvalue weighted by atomic mass is 10.1. The van der Waals surface area contributed by atoms with Gasteiger partial charge in [0.2, 0.25) is 0 Å². The van der Waals surface area contributed by atoms with Gasteiger partial charge in [0.25, 0.3) is 5.91 Å². The van der Waals surface area contributed by atoms with Gasteiger partial charge in [0.1, 0.15) is 5.75 Å². The van der Waals surface area contributed by atoms with E-state index in [9.17, 15) is 14.4 Å². The highest BCUT2D eigenvalue weighted by Crippen LogP contribution is 2.22. The summed E-state index contributed by atoms with van der Waals surface area (Å²) >= 11 is 3.38. The number of hydrogen-bond donors (Lipinski definition) is 3. The summed E-state index contributed by atoms with van der Waals surface area (Å²) in [5, 5.41) is 9.28. The number of amides is 3. The molecule has 0 aliphatic carbocycles. The van der Waals surface area contributed by atoms with Crippen molar-refractivity contribution in [1.82, 2.24) is 5.43 Å². The number of rotatable bonds is 7. The molecule has 0 radical (unpaired) electrons. The van der Waals surface area contributed by atoms with Crippen LogP contribution in [0.15, 0.2) is 64.2 Å². The molecule has 0 fully saturated rings. The lowest BCUT2D eigenvalue weighted by molar-refractivity contribution is -0.136. The van der Waals surface area contributed by atoms with Crippen molar-refractivity contribution in [3.63, 3.8) is 0 Å². The molecule has 3 amide bonds. The number of carbonyl (C=O) groups is 3. The highest BCUT2D eigenvalue weighted by Gasteiger charge is 2.15. The molecule has 3 N–H and O–H groups in total. The van der Waals surface area contributed by atoms with E-state index in [1.807, 2.05) is 64.1 Å². The summed E-state index contributed by atoms with van der Waals surface area (Å²) in [6.07, 6.45) is 1.34. The maximum absolute atomic E-state index is 12.4. The van der Waals surface area contributed by atoms with Gasteiger partial charge in [0, 0.05) is 21.4 Å². The first-order chi connectivity index (χ1) is 17.1. The molecule has 0 aliphatic heterocycles. The molecule has 0 aliphatic rings. The fourth-order valence-electron chi connectivity index (χ4n) is 3.30. The highest BCUT2D eigenvalue weighted by atomic mass is 79.9. The summed E-state index contributed by atoms with van der Waals surface area (Å²) in [4.78, 5) is 36.8. The average Bonchev–Trinajstić information content (AvgIpc) is 2.83. The average molecular weight is 551 g/mol. The molecule has 3 rings (SSSR count). The number of halogens is 1. The third-order valence-electron chi connectivity index (χ3n) is 5.42. The minimum absolute atomic E-state index is 0.222. The molecular formula is C27H27BrN4O4. The fraction of sp³-hybridized carbons (Fsp3) is 0.185. The number of aryl methyl sites for hydroxylation is 4. The van der Waals surface area contributed by atoms with Gasteiger partial charge in [-0.05, 0) is 80.3 Å². The highest BCUT2D eigenvalue weighted by molar-refractivity contribution is 9.10. The molecule has 0 saturated carbocycles. The van der Waals surface area contributed by atoms with Gasteiger partial charge >= 0.3 is 11.8 Å². The quantitative estimate of drug-likeness (QED) is 0.223. The number of para-hydroxylation sites is 1. The number of hydrogen-bond acceptors (Lipinski definition) is 5. The lowest BCUT2D eigenvalue weighted by Crippen LogP contribution is -2.32. The Bertz CT molecular complexity index is 1320. The zero-order chi connectivity index (χ0) is 26.2. The molecule has 3 aromatic carbocycles. The SMILES string of the molecule is Cc1ccc(NC(=O)COc2ccc(Br)cc2/C=N\NC(=O)C(=O)Nc2c(C)cccc2C)cc1C. The van der Waals surface area contributed by atoms with Gasteiger partial charge < -0.3 is 15.4 Å². The van der Waals surface area contributed by atoms with E-state index in [0.717, 1.165) is 26.7 Å². The number of nitrogens with one attached hydrogen (secondary N) is 3. The Balaban J connectivity index is 1.60. The Kier molecular flexibility index (Phi) is 8.97. The van der Waals surface area contributed by atoms with Crippen LogP contribution >= 0.6 is 15.9 Å². The van der Waals surface area contributed by atoms with Gasteiger partial charge in [-0.15, -0.1) is 0 Å². The summed E-state index contributed by atoms with van der Waals surface area (Å²) in [5.41, 5.74) is 7.88. The van der Waals surface area contributed by atoms with Crippen LogP contribution in [0, 0.1) is 27.7 Å². The molecule has 0 unspecified atom stereocenters. The zero-order valence-corrected chi connectivity index (χ0v) is 22.0. The fourth-order valence-corrected chi connectivity index (χ4v) is 3.68. The van der Waals surface area contributed by atoms with Crippen molar-refractivity contribution in [3.8, 4) is 5.75 Å². The Morgan fingerprint density at radius 3 is 2.28 bits per heavy atom. The van der Waals surface area contributed by atoms with Crippen LogP contribution < -0.4 is 20.8 Å². The summed E-state index contributed by atoms with van der Waals surface area (Å²) < 4.78 is 6.42. The molecule has 0 spiro atoms. The zero-order valence-electron chi connectivity index (χ0n) is 20.4. The molecule has 36 heavy (non-hydrogen) atoms. The molecule has 9 heteroatoms. The first kappa shape index (κ1) is 26.6. The third kappa shape index (κ3) is 7.26. The number of carbonyl (C=O) groups excluding carboxylic acids is 3. The summed E-state index contributed by atoms with van der Waals surface area (Å²) in [6, 6.07) is 16.4. The van der Waals surface area contributed by atoms with Gasteiger partial charge in [0.15, 0.2) is 6.61 Å². The summed E-state index contributed by atoms with van der Waals surface area (Å²) in [5.74, 6) is -1.69. The van der Waals surface area contributed by atoms with Gasteiger partial charge in [-0.25, -0.2) is 5.43 Å². The minimum atomic E-state index is -0.917. The number of nitrogens with zero attached hydrogens (tertiary/aromatic N) is 1. The largest absolute Gasteiger partial charge is 0.483 e. The van der Waals surface area contributed by atoms with E-state index in [4.69, 9.17) is 4.74 Å². The predicted octanol–water partition coefficient (Wildman–Crippen LogP) is 4.79. The number of ether oxygens (including phenoxy) is 1. The van der Waals surface area contributed by atoms with Crippen molar-refractivity contribution in [1.29, 1.82) is 0 Å². The molecule has 0 aromatic heterocycles. The molecule has 0 heterocycles. The van der Waals surface area contributed by atoms with Crippen molar-refractivity contribution in [2.45, 2.75) is 27.7 Å². The van der Waals surface area contributed by atoms with Crippen molar-refractivity contribution < 1.29 is 19.1 Å². The molecule has 8 nitrogen and oxygen atoms in total. The van der Waals surface area contributed by atoms with E-state index >= 15 is 0 Å². The number of anilines is 2. The van der Waals surface area contributed by atoms with Gasteiger partial charge in [0.05, 0.1) is 6.21 Å². The van der Waals surface area contributed by atoms with E-state index in [-0.39, 0.29) is 12.5 Å². The van der Waals surface area contributed by atoms with Crippen LogP contribution in [0.2, 0.25) is 0 Å². The van der Waals surface area contributed by atoms with E-state index in [2.05, 4.69) is 37.1 Å². The second-order valence-corrected chi connectivity index (χ2v) is 9.15. The van der Waals surface area contributed by atoms with Crippen LogP contribution in [-0.2, 0) is 14.4 Å². The standard InChI is InChI=1S/C27H27BrN4O4/c1-16-8-10-22(12-19(16)4)30-24(33)15-36-23-11-9-21(28)13-20(23)14-29-32-27(35)26(34)31-25-17(2)6-5-7-18(25)3/h5-14H,15H2,1-4H3,(H,30,33)(H,31,34)(H,32,35)/b29-14-. The summed E-state index contributed by atoms with van der Waals surface area (Å²) in [7, 11) is 0. The maximum Gasteiger partial charge on any atom is 0.329 e. The second-order valence-electron chi connectivity index (χ2n) is 8.24. The summed E-state index contributed by atoms with van der Waals surface area (Å²) in [6.45, 7) is 7.44. The van der Waals surface area contributed by atoms with Crippen LogP contribution in [-0.4, -0.2) is 30.5 Å². The molecule has 0 saturated heterocycles. The smallest absolute Gasteiger partial charge is 0.329 e. The lowest BCUT2D eigenvalue weighted by Gasteiger charge is -2.11. The monoisotopic (exact) mass is 550 g/mol. The van der Waals surface area contributed by atoms with Crippen molar-refractivity contribution in [2.75, 3.05) is 17.2 Å². The van der Waals surface area contributed by atoms with Crippen LogP contribution in [0.4, 0.5) is 11.4 Å². The topological polar surface area (TPSA) is 109 Å². The molecular weight excluding hydrogens is 524 g/mol. The normalized spacial score (nSPS) is 10.7. The first-order valence-electron chi connectivity index (χ1n) is 11.1. The van der Waals surface area contributed by atoms with Gasteiger partial charge in [-0.1, -0.05) is 40.2 Å². The van der Waals surface area contributed by atoms with Crippen molar-refractivity contribution in [2.24, 2.45) is 5.10 Å². The van der Waals surface area contributed by atoms with E-state index in [1.54, 1.807) is 18.2 Å². The number of benzene rings is 3. The van der Waals surface area contributed by atoms with Crippen LogP contribution in [0.5, 0.6) is 5.75 Å². The third-order valence-corrected chi connectivity index (χ3v) is 5.91. The van der Waals surface area contributed by atoms with Crippen molar-refractivity contribution in [3.05, 3.63) is 86.9 Å². The molecule has 0 bridgehead atoms. The van der Waals surface area contributed by atoms with Crippen LogP contribution in [0.1, 0.15) is 27.8 Å². The molecule has 0 atom stereocenters. The minimum Gasteiger partial charge on any atom is -0.483 e. The maximum atomic E-state index is 12.4. The molecule has 3 aromatic rings. The first-order valence-corrected chi connectivity index (χ1v) is 11.9. The number of hydrazone groups is 1.